The smallest absolute Gasteiger partial charge is 0.120 e. The van der Waals surface area contributed by atoms with E-state index in [0.717, 1.165) is 32.0 Å². The predicted molar refractivity (Wildman–Crippen MR) is 40.5 cm³/mol. The fraction of sp³-hybridized carbons (Fsp3) is 0.750. The Morgan fingerprint density at radius 3 is 2.50 bits per heavy atom. The van der Waals surface area contributed by atoms with Crippen LogP contribution in [0.2, 0.25) is 0 Å². The van der Waals surface area contributed by atoms with Gasteiger partial charge < -0.3 is 9.90 Å². The second-order valence-corrected chi connectivity index (χ2v) is 2.25. The van der Waals surface area contributed by atoms with E-state index in [1.807, 2.05) is 0 Å². The van der Waals surface area contributed by atoms with E-state index in [1.54, 1.807) is 0 Å². The van der Waals surface area contributed by atoms with Gasteiger partial charge in [-0.3, -0.25) is 0 Å². The third-order valence-electron chi connectivity index (χ3n) is 1.31. The van der Waals surface area contributed by atoms with Crippen LogP contribution < -0.4 is 0 Å². The van der Waals surface area contributed by atoms with E-state index in [9.17, 15) is 4.79 Å². The third kappa shape index (κ3) is 7.63. The van der Waals surface area contributed by atoms with E-state index in [4.69, 9.17) is 5.11 Å². The molecule has 0 spiro atoms. The molecule has 0 rings (SSSR count). The first-order chi connectivity index (χ1) is 4.91. The van der Waals surface area contributed by atoms with E-state index in [2.05, 4.69) is 6.42 Å². The summed E-state index contributed by atoms with van der Waals surface area (Å²) in [6.45, 7) is 0.279. The van der Waals surface area contributed by atoms with Crippen LogP contribution in [0.5, 0.6) is 0 Å². The summed E-state index contributed by atoms with van der Waals surface area (Å²) in [5, 5.41) is 8.40. The quantitative estimate of drug-likeness (QED) is 0.431. The minimum atomic E-state index is 0.279. The number of hydrogen-bond acceptors (Lipinski definition) is 2. The predicted octanol–water partition coefficient (Wildman–Crippen LogP) is 1.33. The highest BCUT2D eigenvalue weighted by molar-refractivity contribution is 5.49. The normalized spacial score (nSPS) is 9.70. The molecule has 0 fully saturated rings. The molecule has 1 radical (unpaired) electrons. The van der Waals surface area contributed by atoms with Gasteiger partial charge in [-0.25, -0.2) is 0 Å². The Labute approximate surface area is 62.2 Å². The minimum absolute atomic E-state index is 0.279. The van der Waals surface area contributed by atoms with E-state index in [1.165, 1.54) is 0 Å². The molecule has 0 aromatic heterocycles. The number of unbranched alkanes of at least 4 members (excludes halogenated alkanes) is 5. The number of aliphatic hydroxyl groups is 1. The van der Waals surface area contributed by atoms with Crippen LogP contribution in [0.4, 0.5) is 0 Å². The summed E-state index contributed by atoms with van der Waals surface area (Å²) in [6, 6.07) is 0. The summed E-state index contributed by atoms with van der Waals surface area (Å²) in [4.78, 5) is 9.83. The van der Waals surface area contributed by atoms with Gasteiger partial charge in [0.1, 0.15) is 6.29 Å². The highest BCUT2D eigenvalue weighted by atomic mass is 16.2. The summed E-state index contributed by atoms with van der Waals surface area (Å²) in [6.07, 6.45) is 7.49. The van der Waals surface area contributed by atoms with E-state index < -0.39 is 0 Å². The van der Waals surface area contributed by atoms with Crippen LogP contribution in [-0.4, -0.2) is 18.0 Å². The van der Waals surface area contributed by atoms with Gasteiger partial charge in [0.25, 0.3) is 0 Å². The van der Waals surface area contributed by atoms with Gasteiger partial charge >= 0.3 is 0 Å². The molecule has 0 atom stereocenters. The summed E-state index contributed by atoms with van der Waals surface area (Å²) in [5.41, 5.74) is 0. The van der Waals surface area contributed by atoms with Gasteiger partial charge in [-0.15, -0.1) is 0 Å². The van der Waals surface area contributed by atoms with Crippen molar-refractivity contribution >= 4 is 6.29 Å². The topological polar surface area (TPSA) is 37.3 Å². The van der Waals surface area contributed by atoms with Crippen molar-refractivity contribution in [1.82, 2.24) is 0 Å². The van der Waals surface area contributed by atoms with Gasteiger partial charge in [0, 0.05) is 13.0 Å². The van der Waals surface area contributed by atoms with Crippen molar-refractivity contribution in [3.8, 4) is 0 Å². The van der Waals surface area contributed by atoms with Gasteiger partial charge in [0.15, 0.2) is 0 Å². The van der Waals surface area contributed by atoms with Gasteiger partial charge in [0.2, 0.25) is 0 Å². The van der Waals surface area contributed by atoms with Crippen molar-refractivity contribution in [1.29, 1.82) is 0 Å². The maximum Gasteiger partial charge on any atom is 0.120 e. The molecule has 0 amide bonds. The van der Waals surface area contributed by atoms with Crippen LogP contribution >= 0.6 is 0 Å². The minimum Gasteiger partial charge on any atom is -0.396 e. The van der Waals surface area contributed by atoms with Gasteiger partial charge in [-0.1, -0.05) is 12.8 Å². The Morgan fingerprint density at radius 1 is 1.10 bits per heavy atom. The molecule has 2 heteroatoms. The maximum atomic E-state index is 9.83. The molecule has 0 saturated heterocycles. The summed E-state index contributed by atoms with van der Waals surface area (Å²) in [5.74, 6) is 0. The van der Waals surface area contributed by atoms with Crippen LogP contribution in [0.15, 0.2) is 0 Å². The molecule has 0 saturated carbocycles. The van der Waals surface area contributed by atoms with E-state index in [0.29, 0.717) is 6.42 Å². The molecule has 0 unspecified atom stereocenters. The SMILES string of the molecule is O=CCC[CH]CCCCO. The average molecular weight is 143 g/mol. The first-order valence-electron chi connectivity index (χ1n) is 3.78. The van der Waals surface area contributed by atoms with E-state index >= 15 is 0 Å². The number of carbonyl (C=O) groups is 1. The fourth-order valence-electron chi connectivity index (χ4n) is 0.731. The van der Waals surface area contributed by atoms with Crippen LogP contribution in [0, 0.1) is 6.42 Å². The number of carbonyl (C=O) groups excluding carboxylic acids is 1. The van der Waals surface area contributed by atoms with Crippen molar-refractivity contribution in [2.45, 2.75) is 32.1 Å². The zero-order chi connectivity index (χ0) is 7.66. The zero-order valence-electron chi connectivity index (χ0n) is 6.25. The van der Waals surface area contributed by atoms with Gasteiger partial charge in [-0.05, 0) is 19.3 Å². The molecule has 1 N–H and O–H groups in total. The molecule has 0 aliphatic carbocycles. The number of aldehydes is 1. The molecule has 0 aliphatic rings. The van der Waals surface area contributed by atoms with Crippen LogP contribution in [0.3, 0.4) is 0 Å². The molecule has 0 aromatic rings. The molecule has 0 aliphatic heterocycles. The molecule has 0 heterocycles. The van der Waals surface area contributed by atoms with Gasteiger partial charge in [0.05, 0.1) is 0 Å². The molecule has 10 heavy (non-hydrogen) atoms. The largest absolute Gasteiger partial charge is 0.396 e. The lowest BCUT2D eigenvalue weighted by Crippen LogP contribution is -1.84. The van der Waals surface area contributed by atoms with E-state index in [-0.39, 0.29) is 6.61 Å². The van der Waals surface area contributed by atoms with Crippen LogP contribution in [-0.2, 0) is 4.79 Å². The lowest BCUT2D eigenvalue weighted by Gasteiger charge is -1.95. The Morgan fingerprint density at radius 2 is 1.90 bits per heavy atom. The Bertz CT molecular complexity index is 71.7. The lowest BCUT2D eigenvalue weighted by molar-refractivity contribution is -0.107. The van der Waals surface area contributed by atoms with Crippen molar-refractivity contribution in [2.24, 2.45) is 0 Å². The van der Waals surface area contributed by atoms with Crippen molar-refractivity contribution in [3.05, 3.63) is 6.42 Å². The third-order valence-corrected chi connectivity index (χ3v) is 1.31. The number of rotatable bonds is 7. The van der Waals surface area contributed by atoms with Crippen LogP contribution in [0.25, 0.3) is 0 Å². The average Bonchev–Trinajstić information content (AvgIpc) is 1.97. The first kappa shape index (κ1) is 9.63. The Kier molecular flexibility index (Phi) is 8.31. The monoisotopic (exact) mass is 143 g/mol. The molecule has 59 valence electrons. The second kappa shape index (κ2) is 8.63. The molecule has 0 aromatic carbocycles. The highest BCUT2D eigenvalue weighted by Crippen LogP contribution is 2.01. The zero-order valence-corrected chi connectivity index (χ0v) is 6.25. The number of aliphatic hydroxyl groups excluding tert-OH is 1. The Hall–Kier alpha value is -0.370. The second-order valence-electron chi connectivity index (χ2n) is 2.25. The molecule has 2 nitrogen and oxygen atoms in total. The molecular weight excluding hydrogens is 128 g/mol. The van der Waals surface area contributed by atoms with Crippen LogP contribution in [0.1, 0.15) is 32.1 Å². The maximum absolute atomic E-state index is 9.83. The highest BCUT2D eigenvalue weighted by Gasteiger charge is 1.88. The standard InChI is InChI=1S/C8H15O2/c9-7-5-3-1-2-4-6-8-10/h1,7,10H,2-6,8H2. The first-order valence-corrected chi connectivity index (χ1v) is 3.78. The van der Waals surface area contributed by atoms with Crippen molar-refractivity contribution < 1.29 is 9.90 Å². The summed E-state index contributed by atoms with van der Waals surface area (Å²) >= 11 is 0. The summed E-state index contributed by atoms with van der Waals surface area (Å²) < 4.78 is 0. The molecular formula is C8H15O2. The number of hydrogen-bond donors (Lipinski definition) is 1. The summed E-state index contributed by atoms with van der Waals surface area (Å²) in [7, 11) is 0. The van der Waals surface area contributed by atoms with Crippen molar-refractivity contribution in [3.63, 3.8) is 0 Å². The fourth-order valence-corrected chi connectivity index (χ4v) is 0.731. The van der Waals surface area contributed by atoms with Gasteiger partial charge in [-0.2, -0.15) is 0 Å². The Balaban J connectivity index is 2.70. The molecule has 0 bridgehead atoms. The van der Waals surface area contributed by atoms with Crippen molar-refractivity contribution in [2.75, 3.05) is 6.61 Å². The lowest BCUT2D eigenvalue weighted by atomic mass is 10.1.